The summed E-state index contributed by atoms with van der Waals surface area (Å²) in [6, 6.07) is 83.7. The first-order valence-corrected chi connectivity index (χ1v) is 26.5. The summed E-state index contributed by atoms with van der Waals surface area (Å²) >= 11 is 1.84. The lowest BCUT2D eigenvalue weighted by molar-refractivity contribution is 0.785. The van der Waals surface area contributed by atoms with E-state index < -0.39 is 0 Å². The van der Waals surface area contributed by atoms with Crippen molar-refractivity contribution in [2.75, 3.05) is 0 Å². The Hall–Kier alpha value is -8.96. The Bertz CT molecular complexity index is 4230. The highest BCUT2D eigenvalue weighted by molar-refractivity contribution is 7.25. The maximum absolute atomic E-state index is 5.57. The molecule has 0 fully saturated rings. The second-order valence-electron chi connectivity index (χ2n) is 19.6. The van der Waals surface area contributed by atoms with Crippen LogP contribution in [0.3, 0.4) is 0 Å². The molecule has 3 aromatic heterocycles. The molecule has 0 bridgehead atoms. The molecule has 4 heteroatoms. The van der Waals surface area contributed by atoms with Crippen LogP contribution in [0.15, 0.2) is 261 Å². The first kappa shape index (κ1) is 43.8. The van der Waals surface area contributed by atoms with Crippen molar-refractivity contribution >= 4 is 70.0 Å². The van der Waals surface area contributed by atoms with E-state index in [4.69, 9.17) is 9.97 Å². The predicted molar refractivity (Wildman–Crippen MR) is 313 cm³/mol. The number of allylic oxidation sites excluding steroid dienone is 8. The Labute approximate surface area is 435 Å². The number of hydrogen-bond acceptors (Lipinski definition) is 3. The highest BCUT2D eigenvalue weighted by Gasteiger charge is 2.25. The molecule has 2 atom stereocenters. The molecule has 9 aromatic carbocycles. The van der Waals surface area contributed by atoms with Crippen molar-refractivity contribution in [1.82, 2.24) is 14.5 Å². The van der Waals surface area contributed by atoms with Gasteiger partial charge in [-0.15, -0.1) is 11.3 Å². The molecule has 14 rings (SSSR count). The third-order valence-electron chi connectivity index (χ3n) is 15.1. The van der Waals surface area contributed by atoms with Crippen molar-refractivity contribution in [2.24, 2.45) is 0 Å². The summed E-state index contributed by atoms with van der Waals surface area (Å²) in [6.45, 7) is 0. The second kappa shape index (κ2) is 18.6. The van der Waals surface area contributed by atoms with E-state index in [9.17, 15) is 0 Å². The molecule has 0 saturated heterocycles. The second-order valence-corrected chi connectivity index (χ2v) is 20.7. The first-order chi connectivity index (χ1) is 36.6. The van der Waals surface area contributed by atoms with Crippen LogP contribution in [0.25, 0.3) is 98.0 Å². The molecule has 0 N–H and O–H groups in total. The van der Waals surface area contributed by atoms with Gasteiger partial charge in [0.15, 0.2) is 0 Å². The molecular formula is C70H49N3S. The number of fused-ring (bicyclic) bond motifs is 6. The smallest absolute Gasteiger partial charge is 0.136 e. The molecule has 12 aromatic rings. The van der Waals surface area contributed by atoms with Gasteiger partial charge in [0, 0.05) is 59.6 Å². The van der Waals surface area contributed by atoms with Gasteiger partial charge >= 0.3 is 0 Å². The Morgan fingerprint density at radius 2 is 1.07 bits per heavy atom. The summed E-state index contributed by atoms with van der Waals surface area (Å²) in [4.78, 5) is 11.1. The summed E-state index contributed by atoms with van der Waals surface area (Å²) < 4.78 is 4.99. The van der Waals surface area contributed by atoms with Gasteiger partial charge in [-0.25, -0.2) is 9.97 Å². The van der Waals surface area contributed by atoms with E-state index in [1.165, 1.54) is 92.1 Å². The summed E-state index contributed by atoms with van der Waals surface area (Å²) in [6.07, 6.45) is 13.4. The van der Waals surface area contributed by atoms with E-state index in [1.54, 1.807) is 0 Å². The van der Waals surface area contributed by atoms with Crippen molar-refractivity contribution < 1.29 is 0 Å². The molecule has 0 aliphatic heterocycles. The normalized spacial score (nSPS) is 15.6. The fraction of sp³-hybridized carbons (Fsp3) is 0.0571. The van der Waals surface area contributed by atoms with Crippen LogP contribution in [0.2, 0.25) is 0 Å². The number of hydrogen-bond donors (Lipinski definition) is 0. The van der Waals surface area contributed by atoms with Gasteiger partial charge < -0.3 is 4.57 Å². The summed E-state index contributed by atoms with van der Waals surface area (Å²) in [5, 5.41) is 5.02. The minimum Gasteiger partial charge on any atom is -0.309 e. The minimum absolute atomic E-state index is 0.0655. The zero-order chi connectivity index (χ0) is 49.0. The maximum Gasteiger partial charge on any atom is 0.136 e. The SMILES string of the molecule is C1=CC(c2nc(-c3cccc(C4=CC(c5ccccc5)CC(c5ccccc5)=C4)c3)cc(-c3ccc4sc5ccccc5c4c3)n2)CC(c2cccc3c2c2cc(-c4ccccc4)ccc2n3-c2ccccc2)=C1. The van der Waals surface area contributed by atoms with Crippen LogP contribution in [0, 0.1) is 0 Å². The van der Waals surface area contributed by atoms with E-state index >= 15 is 0 Å². The van der Waals surface area contributed by atoms with Gasteiger partial charge in [-0.2, -0.15) is 0 Å². The Balaban J connectivity index is 0.896. The van der Waals surface area contributed by atoms with Crippen molar-refractivity contribution in [3.05, 3.63) is 289 Å². The topological polar surface area (TPSA) is 30.7 Å². The zero-order valence-electron chi connectivity index (χ0n) is 40.6. The van der Waals surface area contributed by atoms with Gasteiger partial charge in [0.1, 0.15) is 5.82 Å². The molecular weight excluding hydrogens is 915 g/mol. The fourth-order valence-electron chi connectivity index (χ4n) is 11.5. The molecule has 0 spiro atoms. The molecule has 2 aliphatic carbocycles. The summed E-state index contributed by atoms with van der Waals surface area (Å²) in [5.41, 5.74) is 18.7. The van der Waals surface area contributed by atoms with E-state index in [0.717, 1.165) is 46.9 Å². The van der Waals surface area contributed by atoms with Gasteiger partial charge in [-0.3, -0.25) is 0 Å². The van der Waals surface area contributed by atoms with Crippen LogP contribution in [0.5, 0.6) is 0 Å². The maximum atomic E-state index is 5.57. The lowest BCUT2D eigenvalue weighted by Gasteiger charge is -2.23. The monoisotopic (exact) mass is 963 g/mol. The van der Waals surface area contributed by atoms with Gasteiger partial charge in [0.2, 0.25) is 0 Å². The van der Waals surface area contributed by atoms with Crippen molar-refractivity contribution in [3.63, 3.8) is 0 Å². The third kappa shape index (κ3) is 8.01. The van der Waals surface area contributed by atoms with Gasteiger partial charge in [0.25, 0.3) is 0 Å². The quantitative estimate of drug-likeness (QED) is 0.144. The molecule has 0 radical (unpaired) electrons. The molecule has 3 heterocycles. The standard InChI is InChI=1S/C70H49N3S/c1-5-18-46(19-6-1)50-34-36-65-62(43-50)69-59(31-17-32-66(69)73(65)58-28-11-4-12-29-58)51-25-16-27-54(39-51)70-71-63(45-64(72-70)53-35-37-68-61(44-53)60-30-13-14-33-67(60)74-68)52-26-15-24-49(38-52)57-41-55(47-20-7-2-8-21-47)40-56(42-57)48-22-9-3-10-23-48/h1-38,41-45,54-55H,39-40H2. The van der Waals surface area contributed by atoms with Crippen LogP contribution in [-0.2, 0) is 0 Å². The van der Waals surface area contributed by atoms with Crippen molar-refractivity contribution in [2.45, 2.75) is 24.7 Å². The van der Waals surface area contributed by atoms with Gasteiger partial charge in [0.05, 0.1) is 22.4 Å². The van der Waals surface area contributed by atoms with Crippen molar-refractivity contribution in [3.8, 4) is 39.3 Å². The molecule has 0 saturated carbocycles. The van der Waals surface area contributed by atoms with Crippen LogP contribution in [0.4, 0.5) is 0 Å². The van der Waals surface area contributed by atoms with E-state index in [2.05, 4.69) is 265 Å². The summed E-state index contributed by atoms with van der Waals surface area (Å²) in [5.74, 6) is 1.00. The number of para-hydroxylation sites is 1. The number of rotatable bonds is 9. The molecule has 0 amide bonds. The molecule has 3 nitrogen and oxygen atoms in total. The fourth-order valence-corrected chi connectivity index (χ4v) is 12.6. The van der Waals surface area contributed by atoms with Gasteiger partial charge in [-0.1, -0.05) is 200 Å². The Morgan fingerprint density at radius 1 is 0.432 bits per heavy atom. The lowest BCUT2D eigenvalue weighted by Crippen LogP contribution is -2.08. The van der Waals surface area contributed by atoms with E-state index in [-0.39, 0.29) is 11.8 Å². The molecule has 74 heavy (non-hydrogen) atoms. The highest BCUT2D eigenvalue weighted by Crippen LogP contribution is 2.44. The summed E-state index contributed by atoms with van der Waals surface area (Å²) in [7, 11) is 0. The average Bonchev–Trinajstić information content (AvgIpc) is 4.04. The van der Waals surface area contributed by atoms with Crippen LogP contribution < -0.4 is 0 Å². The minimum atomic E-state index is -0.0655. The number of nitrogens with zero attached hydrogens (tertiary/aromatic N) is 3. The first-order valence-electron chi connectivity index (χ1n) is 25.7. The number of thiophene rings is 1. The van der Waals surface area contributed by atoms with E-state index in [1.807, 2.05) is 11.3 Å². The van der Waals surface area contributed by atoms with E-state index in [0.29, 0.717) is 0 Å². The van der Waals surface area contributed by atoms with Crippen LogP contribution in [0.1, 0.15) is 52.8 Å². The largest absolute Gasteiger partial charge is 0.309 e. The number of benzene rings is 9. The highest BCUT2D eigenvalue weighted by atomic mass is 32.1. The number of aromatic nitrogens is 3. The molecule has 2 unspecified atom stereocenters. The van der Waals surface area contributed by atoms with Gasteiger partial charge in [-0.05, 0) is 124 Å². The lowest BCUT2D eigenvalue weighted by atomic mass is 9.81. The zero-order valence-corrected chi connectivity index (χ0v) is 41.5. The van der Waals surface area contributed by atoms with Crippen LogP contribution >= 0.6 is 11.3 Å². The Morgan fingerprint density at radius 3 is 1.88 bits per heavy atom. The van der Waals surface area contributed by atoms with Crippen molar-refractivity contribution in [1.29, 1.82) is 0 Å². The average molecular weight is 964 g/mol. The molecule has 350 valence electrons. The Kier molecular flexibility index (Phi) is 11.0. The van der Waals surface area contributed by atoms with Crippen LogP contribution in [-0.4, -0.2) is 14.5 Å². The molecule has 2 aliphatic rings. The third-order valence-corrected chi connectivity index (χ3v) is 16.3. The predicted octanol–water partition coefficient (Wildman–Crippen LogP) is 18.7.